The maximum atomic E-state index is 6.19. The molecule has 3 heterocycles. The van der Waals surface area contributed by atoms with E-state index in [9.17, 15) is 0 Å². The molecule has 0 amide bonds. The van der Waals surface area contributed by atoms with E-state index in [1.165, 1.54) is 26.4 Å². The van der Waals surface area contributed by atoms with Crippen molar-refractivity contribution in [1.29, 1.82) is 0 Å². The van der Waals surface area contributed by atoms with Crippen molar-refractivity contribution in [3.8, 4) is 22.5 Å². The molecule has 7 rings (SSSR count). The smallest absolute Gasteiger partial charge is 0.190 e. The van der Waals surface area contributed by atoms with Gasteiger partial charge in [-0.05, 0) is 35.4 Å². The first-order valence-electron chi connectivity index (χ1n) is 11.3. The lowest BCUT2D eigenvalue weighted by molar-refractivity contribution is 0.676. The SMILES string of the molecule is c1ccc(-c2cc(-c3ccccc3)n(Cc3ccc4oc5sc6ccccc6c5c4c3)n2)cc1. The molecular formula is C30H20N2OS. The predicted octanol–water partition coefficient (Wildman–Crippen LogP) is 8.38. The molecule has 3 aromatic heterocycles. The van der Waals surface area contributed by atoms with Gasteiger partial charge in [0, 0.05) is 26.4 Å². The van der Waals surface area contributed by atoms with Crippen LogP contribution in [0.25, 0.3) is 53.9 Å². The van der Waals surface area contributed by atoms with Crippen LogP contribution in [0.4, 0.5) is 0 Å². The Kier molecular flexibility index (Phi) is 4.39. The summed E-state index contributed by atoms with van der Waals surface area (Å²) in [5.41, 5.74) is 6.51. The molecule has 0 atom stereocenters. The lowest BCUT2D eigenvalue weighted by Gasteiger charge is -2.08. The molecule has 7 aromatic rings. The highest BCUT2D eigenvalue weighted by atomic mass is 32.1. The molecule has 162 valence electrons. The summed E-state index contributed by atoms with van der Waals surface area (Å²) in [6.45, 7) is 0.682. The standard InChI is InChI=1S/C30H20N2OS/c1-3-9-21(10-4-1)25-18-26(22-11-5-2-6-12-22)32(31-25)19-20-15-16-27-24(17-20)29-23-13-7-8-14-28(23)34-30(29)33-27/h1-18H,19H2. The van der Waals surface area contributed by atoms with Crippen molar-refractivity contribution in [2.75, 3.05) is 0 Å². The molecule has 4 aromatic carbocycles. The number of hydrogen-bond acceptors (Lipinski definition) is 3. The molecule has 34 heavy (non-hydrogen) atoms. The van der Waals surface area contributed by atoms with Crippen molar-refractivity contribution in [3.63, 3.8) is 0 Å². The zero-order chi connectivity index (χ0) is 22.5. The van der Waals surface area contributed by atoms with Gasteiger partial charge in [-0.25, -0.2) is 0 Å². The Balaban J connectivity index is 1.36. The molecule has 0 aliphatic carbocycles. The van der Waals surface area contributed by atoms with Crippen LogP contribution in [0.15, 0.2) is 114 Å². The normalized spacial score (nSPS) is 11.6. The van der Waals surface area contributed by atoms with Crippen molar-refractivity contribution < 1.29 is 4.42 Å². The molecule has 0 saturated heterocycles. The van der Waals surface area contributed by atoms with E-state index in [1.54, 1.807) is 11.3 Å². The fourth-order valence-electron chi connectivity index (χ4n) is 4.71. The Labute approximate surface area is 200 Å². The van der Waals surface area contributed by atoms with Gasteiger partial charge in [0.05, 0.1) is 17.9 Å². The number of fused-ring (bicyclic) bond motifs is 5. The Morgan fingerprint density at radius 2 is 1.44 bits per heavy atom. The molecular weight excluding hydrogens is 436 g/mol. The zero-order valence-corrected chi connectivity index (χ0v) is 19.1. The molecule has 4 heteroatoms. The minimum Gasteiger partial charge on any atom is -0.445 e. The first kappa shape index (κ1) is 19.3. The van der Waals surface area contributed by atoms with Gasteiger partial charge in [-0.2, -0.15) is 5.10 Å². The first-order chi connectivity index (χ1) is 16.8. The molecule has 0 bridgehead atoms. The summed E-state index contributed by atoms with van der Waals surface area (Å²) in [5, 5.41) is 8.66. The summed E-state index contributed by atoms with van der Waals surface area (Å²) in [6.07, 6.45) is 0. The molecule has 3 nitrogen and oxygen atoms in total. The van der Waals surface area contributed by atoms with Gasteiger partial charge < -0.3 is 4.42 Å². The van der Waals surface area contributed by atoms with Gasteiger partial charge in [0.15, 0.2) is 4.90 Å². The van der Waals surface area contributed by atoms with Crippen molar-refractivity contribution in [1.82, 2.24) is 9.78 Å². The van der Waals surface area contributed by atoms with Crippen LogP contribution in [0, 0.1) is 0 Å². The fraction of sp³-hybridized carbons (Fsp3) is 0.0333. The molecule has 0 radical (unpaired) electrons. The summed E-state index contributed by atoms with van der Waals surface area (Å²) in [6, 6.07) is 38.1. The number of hydrogen-bond donors (Lipinski definition) is 0. The minimum absolute atomic E-state index is 0.682. The molecule has 0 fully saturated rings. The average molecular weight is 457 g/mol. The predicted molar refractivity (Wildman–Crippen MR) is 141 cm³/mol. The van der Waals surface area contributed by atoms with Gasteiger partial charge in [-0.15, -0.1) is 0 Å². The summed E-state index contributed by atoms with van der Waals surface area (Å²) in [5.74, 6) is 0. The van der Waals surface area contributed by atoms with Crippen LogP contribution >= 0.6 is 11.3 Å². The highest BCUT2D eigenvalue weighted by molar-refractivity contribution is 7.25. The van der Waals surface area contributed by atoms with E-state index in [0.717, 1.165) is 33.0 Å². The van der Waals surface area contributed by atoms with Gasteiger partial charge in [0.1, 0.15) is 5.58 Å². The van der Waals surface area contributed by atoms with Crippen LogP contribution in [-0.4, -0.2) is 9.78 Å². The third kappa shape index (κ3) is 3.15. The molecule has 0 N–H and O–H groups in total. The lowest BCUT2D eigenvalue weighted by atomic mass is 10.1. The van der Waals surface area contributed by atoms with Crippen molar-refractivity contribution in [2.45, 2.75) is 6.54 Å². The Bertz CT molecular complexity index is 1770. The number of rotatable bonds is 4. The van der Waals surface area contributed by atoms with Crippen molar-refractivity contribution in [3.05, 3.63) is 115 Å². The molecule has 0 spiro atoms. The Morgan fingerprint density at radius 3 is 2.26 bits per heavy atom. The van der Waals surface area contributed by atoms with Crippen molar-refractivity contribution in [2.24, 2.45) is 0 Å². The molecule has 0 unspecified atom stereocenters. The van der Waals surface area contributed by atoms with E-state index >= 15 is 0 Å². The van der Waals surface area contributed by atoms with Gasteiger partial charge in [-0.1, -0.05) is 96.3 Å². The maximum Gasteiger partial charge on any atom is 0.190 e. The van der Waals surface area contributed by atoms with Crippen LogP contribution in [0.5, 0.6) is 0 Å². The van der Waals surface area contributed by atoms with E-state index < -0.39 is 0 Å². The lowest BCUT2D eigenvalue weighted by Crippen LogP contribution is -2.04. The fourth-order valence-corrected chi connectivity index (χ4v) is 5.79. The van der Waals surface area contributed by atoms with E-state index in [1.807, 2.05) is 12.1 Å². The van der Waals surface area contributed by atoms with E-state index in [0.29, 0.717) is 6.54 Å². The van der Waals surface area contributed by atoms with Crippen LogP contribution < -0.4 is 0 Å². The second-order valence-electron chi connectivity index (χ2n) is 8.50. The summed E-state index contributed by atoms with van der Waals surface area (Å²) in [7, 11) is 0. The van der Waals surface area contributed by atoms with Crippen LogP contribution in [0.2, 0.25) is 0 Å². The monoisotopic (exact) mass is 456 g/mol. The first-order valence-corrected chi connectivity index (χ1v) is 12.2. The van der Waals surface area contributed by atoms with Crippen LogP contribution in [0.1, 0.15) is 5.56 Å². The second-order valence-corrected chi connectivity index (χ2v) is 9.51. The molecule has 0 aliphatic rings. The number of benzene rings is 4. The van der Waals surface area contributed by atoms with Gasteiger partial charge >= 0.3 is 0 Å². The highest BCUT2D eigenvalue weighted by Crippen LogP contribution is 2.41. The van der Waals surface area contributed by atoms with E-state index in [2.05, 4.69) is 102 Å². The average Bonchev–Trinajstić information content (AvgIpc) is 3.57. The third-order valence-electron chi connectivity index (χ3n) is 6.33. The highest BCUT2D eigenvalue weighted by Gasteiger charge is 2.16. The summed E-state index contributed by atoms with van der Waals surface area (Å²) < 4.78 is 9.57. The zero-order valence-electron chi connectivity index (χ0n) is 18.3. The third-order valence-corrected chi connectivity index (χ3v) is 7.38. The second kappa shape index (κ2) is 7.72. The largest absolute Gasteiger partial charge is 0.445 e. The molecule has 0 saturated carbocycles. The van der Waals surface area contributed by atoms with Crippen LogP contribution in [-0.2, 0) is 6.54 Å². The van der Waals surface area contributed by atoms with E-state index in [4.69, 9.17) is 9.52 Å². The number of furan rings is 1. The summed E-state index contributed by atoms with van der Waals surface area (Å²) in [4.78, 5) is 0.990. The Hall–Kier alpha value is -4.15. The van der Waals surface area contributed by atoms with E-state index in [-0.39, 0.29) is 0 Å². The van der Waals surface area contributed by atoms with Gasteiger partial charge in [0.25, 0.3) is 0 Å². The van der Waals surface area contributed by atoms with Gasteiger partial charge in [0.2, 0.25) is 0 Å². The summed E-state index contributed by atoms with van der Waals surface area (Å²) >= 11 is 1.71. The number of aromatic nitrogens is 2. The molecule has 0 aliphatic heterocycles. The quantitative estimate of drug-likeness (QED) is 0.266. The van der Waals surface area contributed by atoms with Gasteiger partial charge in [-0.3, -0.25) is 4.68 Å². The Morgan fingerprint density at radius 1 is 0.706 bits per heavy atom. The van der Waals surface area contributed by atoms with Crippen LogP contribution in [0.3, 0.4) is 0 Å². The van der Waals surface area contributed by atoms with Crippen molar-refractivity contribution >= 4 is 42.7 Å². The number of nitrogens with zero attached hydrogens (tertiary/aromatic N) is 2. The minimum atomic E-state index is 0.682. The number of thiophene rings is 1. The maximum absolute atomic E-state index is 6.19. The topological polar surface area (TPSA) is 31.0 Å².